The highest BCUT2D eigenvalue weighted by Crippen LogP contribution is 2.55. The van der Waals surface area contributed by atoms with E-state index in [4.69, 9.17) is 15.0 Å². The minimum atomic E-state index is -0.264. The van der Waals surface area contributed by atoms with E-state index in [2.05, 4.69) is 147 Å². The van der Waals surface area contributed by atoms with Gasteiger partial charge in [0.15, 0.2) is 17.5 Å². The van der Waals surface area contributed by atoms with Crippen LogP contribution in [-0.4, -0.2) is 15.0 Å². The topological polar surface area (TPSA) is 92.7 Å². The molecule has 0 saturated carbocycles. The summed E-state index contributed by atoms with van der Waals surface area (Å²) in [5.41, 5.74) is 13.1. The summed E-state index contributed by atoms with van der Waals surface area (Å²) in [6.45, 7) is 9.05. The van der Waals surface area contributed by atoms with Gasteiger partial charge in [0.1, 0.15) is 0 Å². The molecule has 286 valence electrons. The summed E-state index contributed by atoms with van der Waals surface area (Å²) in [4.78, 5) is 20.3. The second-order valence-corrected chi connectivity index (χ2v) is 16.3. The van der Waals surface area contributed by atoms with Crippen molar-refractivity contribution in [2.75, 3.05) is 9.80 Å². The van der Waals surface area contributed by atoms with E-state index in [0.717, 1.165) is 39.7 Å². The predicted octanol–water partition coefficient (Wildman–Crippen LogP) is 12.8. The van der Waals surface area contributed by atoms with Gasteiger partial charge in [-0.15, -0.1) is 0 Å². The molecule has 0 atom stereocenters. The average Bonchev–Trinajstić information content (AvgIpc) is 3.29. The van der Waals surface area contributed by atoms with Crippen molar-refractivity contribution in [1.82, 2.24) is 15.0 Å². The van der Waals surface area contributed by atoms with Gasteiger partial charge >= 0.3 is 0 Å². The molecule has 0 bridgehead atoms. The number of hydrogen-bond donors (Lipinski definition) is 0. The summed E-state index contributed by atoms with van der Waals surface area (Å²) in [5.74, 6) is 1.28. The number of benzene rings is 7. The first kappa shape index (κ1) is 36.5. The predicted molar refractivity (Wildman–Crippen MR) is 239 cm³/mol. The lowest BCUT2D eigenvalue weighted by Crippen LogP contribution is -2.30. The third kappa shape index (κ3) is 5.67. The third-order valence-corrected chi connectivity index (χ3v) is 12.2. The van der Waals surface area contributed by atoms with Crippen molar-refractivity contribution in [3.8, 4) is 46.3 Å². The van der Waals surface area contributed by atoms with Crippen molar-refractivity contribution in [3.05, 3.63) is 197 Å². The molecule has 0 aliphatic carbocycles. The Morgan fingerprint density at radius 2 is 0.717 bits per heavy atom. The molecule has 1 aromatic heterocycles. The smallest absolute Gasteiger partial charge is 0.166 e. The summed E-state index contributed by atoms with van der Waals surface area (Å²) in [6, 6.07) is 60.0. The number of anilines is 6. The Bertz CT molecular complexity index is 2810. The molecule has 7 heteroatoms. The van der Waals surface area contributed by atoms with Crippen LogP contribution in [0.1, 0.15) is 61.1 Å². The van der Waals surface area contributed by atoms with Crippen molar-refractivity contribution >= 4 is 34.1 Å². The number of nitrogens with zero attached hydrogens (tertiary/aromatic N) is 7. The Morgan fingerprint density at radius 1 is 0.383 bits per heavy atom. The first-order valence-electron chi connectivity index (χ1n) is 20.1. The number of fused-ring (bicyclic) bond motifs is 4. The zero-order chi connectivity index (χ0) is 41.2. The average molecular weight is 774 g/mol. The SMILES string of the molecule is CC1(C)c2ccccc2N(c2ccc(C#N)cc2-c2nc(-c3ccccc3)nc(-c3cc(C#N)ccc3N3c4ccccc4C(C)(C)c4ccccc43)n2)c2ccccc21. The molecule has 0 saturated heterocycles. The van der Waals surface area contributed by atoms with Crippen LogP contribution in [0.4, 0.5) is 34.1 Å². The molecule has 2 aliphatic rings. The van der Waals surface area contributed by atoms with E-state index in [1.54, 1.807) is 0 Å². The molecule has 8 aromatic rings. The lowest BCUT2D eigenvalue weighted by molar-refractivity contribution is 0.632. The van der Waals surface area contributed by atoms with Gasteiger partial charge in [0.05, 0.1) is 57.4 Å². The van der Waals surface area contributed by atoms with Gasteiger partial charge in [-0.3, -0.25) is 0 Å². The molecule has 0 fully saturated rings. The fourth-order valence-corrected chi connectivity index (χ4v) is 9.15. The van der Waals surface area contributed by atoms with Gasteiger partial charge in [-0.05, 0) is 82.9 Å². The van der Waals surface area contributed by atoms with Crippen LogP contribution in [0.2, 0.25) is 0 Å². The lowest BCUT2D eigenvalue weighted by atomic mass is 9.73. The monoisotopic (exact) mass is 773 g/mol. The molecule has 60 heavy (non-hydrogen) atoms. The number of rotatable bonds is 5. The second-order valence-electron chi connectivity index (χ2n) is 16.3. The Hall–Kier alpha value is -7.87. The molecule has 2 aliphatic heterocycles. The Labute approximate surface area is 350 Å². The van der Waals surface area contributed by atoms with Crippen LogP contribution in [0.25, 0.3) is 34.2 Å². The van der Waals surface area contributed by atoms with Crippen LogP contribution in [0, 0.1) is 22.7 Å². The molecule has 0 unspecified atom stereocenters. The van der Waals surface area contributed by atoms with Crippen molar-refractivity contribution in [2.45, 2.75) is 38.5 Å². The van der Waals surface area contributed by atoms with Gasteiger partial charge in [0, 0.05) is 27.5 Å². The quantitative estimate of drug-likeness (QED) is 0.172. The first-order valence-corrected chi connectivity index (χ1v) is 20.1. The Morgan fingerprint density at radius 3 is 1.08 bits per heavy atom. The van der Waals surface area contributed by atoms with E-state index in [1.165, 1.54) is 22.3 Å². The molecule has 10 rings (SSSR count). The highest BCUT2D eigenvalue weighted by molar-refractivity contribution is 5.94. The summed E-state index contributed by atoms with van der Waals surface area (Å²) < 4.78 is 0. The molecule has 7 aromatic carbocycles. The zero-order valence-corrected chi connectivity index (χ0v) is 33.7. The molecule has 0 radical (unpaired) electrons. The summed E-state index contributed by atoms with van der Waals surface area (Å²) in [7, 11) is 0. The van der Waals surface area contributed by atoms with E-state index in [-0.39, 0.29) is 10.8 Å². The fraction of sp³-hybridized carbons (Fsp3) is 0.113. The maximum Gasteiger partial charge on any atom is 0.166 e. The van der Waals surface area contributed by atoms with Crippen molar-refractivity contribution in [3.63, 3.8) is 0 Å². The van der Waals surface area contributed by atoms with Crippen molar-refractivity contribution in [2.24, 2.45) is 0 Å². The molecule has 3 heterocycles. The highest BCUT2D eigenvalue weighted by Gasteiger charge is 2.39. The van der Waals surface area contributed by atoms with Crippen LogP contribution >= 0.6 is 0 Å². The van der Waals surface area contributed by atoms with Gasteiger partial charge in [-0.2, -0.15) is 10.5 Å². The number of nitriles is 2. The van der Waals surface area contributed by atoms with E-state index in [0.29, 0.717) is 39.7 Å². The van der Waals surface area contributed by atoms with Gasteiger partial charge in [0.25, 0.3) is 0 Å². The van der Waals surface area contributed by atoms with Gasteiger partial charge in [-0.1, -0.05) is 131 Å². The van der Waals surface area contributed by atoms with E-state index in [1.807, 2.05) is 66.7 Å². The van der Waals surface area contributed by atoms with E-state index < -0.39 is 0 Å². The minimum Gasteiger partial charge on any atom is -0.309 e. The largest absolute Gasteiger partial charge is 0.309 e. The number of aromatic nitrogens is 3. The second kappa shape index (κ2) is 13.9. The minimum absolute atomic E-state index is 0.264. The van der Waals surface area contributed by atoms with Gasteiger partial charge in [0.2, 0.25) is 0 Å². The maximum atomic E-state index is 10.3. The Balaban J connectivity index is 1.26. The molecular weight excluding hydrogens is 735 g/mol. The van der Waals surface area contributed by atoms with Crippen LogP contribution in [-0.2, 0) is 10.8 Å². The van der Waals surface area contributed by atoms with Crippen LogP contribution in [0.15, 0.2) is 164 Å². The molecule has 0 N–H and O–H groups in total. The molecule has 0 spiro atoms. The van der Waals surface area contributed by atoms with Crippen molar-refractivity contribution < 1.29 is 0 Å². The van der Waals surface area contributed by atoms with Gasteiger partial charge < -0.3 is 9.80 Å². The number of hydrogen-bond acceptors (Lipinski definition) is 7. The fourth-order valence-electron chi connectivity index (χ4n) is 9.15. The standard InChI is InChI=1S/C53H39N7/c1-52(2)39-18-8-12-22-45(39)59(46-23-13-9-19-40(46)52)43-28-26-34(32-54)30-37(43)50-56-49(36-16-6-5-7-17-36)57-51(58-50)38-31-35(33-55)27-29-44(38)60-47-24-14-10-20-41(47)53(3,4)42-21-11-15-25-48(42)60/h5-31H,1-4H3. The Kier molecular flexibility index (Phi) is 8.45. The maximum absolute atomic E-state index is 10.3. The van der Waals surface area contributed by atoms with Crippen LogP contribution < -0.4 is 9.80 Å². The van der Waals surface area contributed by atoms with Crippen LogP contribution in [0.3, 0.4) is 0 Å². The summed E-state index contributed by atoms with van der Waals surface area (Å²) in [5, 5.41) is 20.7. The van der Waals surface area contributed by atoms with Gasteiger partial charge in [-0.25, -0.2) is 15.0 Å². The number of para-hydroxylation sites is 4. The molecule has 7 nitrogen and oxygen atoms in total. The van der Waals surface area contributed by atoms with E-state index in [9.17, 15) is 10.5 Å². The summed E-state index contributed by atoms with van der Waals surface area (Å²) >= 11 is 0. The lowest BCUT2D eigenvalue weighted by Gasteiger charge is -2.42. The van der Waals surface area contributed by atoms with Crippen LogP contribution in [0.5, 0.6) is 0 Å². The molecular formula is C53H39N7. The highest BCUT2D eigenvalue weighted by atomic mass is 15.2. The normalized spacial score (nSPS) is 14.2. The third-order valence-electron chi connectivity index (χ3n) is 12.2. The first-order chi connectivity index (χ1) is 29.2. The molecule has 0 amide bonds. The summed E-state index contributed by atoms with van der Waals surface area (Å²) in [6.07, 6.45) is 0. The zero-order valence-electron chi connectivity index (χ0n) is 33.7. The van der Waals surface area contributed by atoms with Crippen molar-refractivity contribution in [1.29, 1.82) is 10.5 Å². The van der Waals surface area contributed by atoms with E-state index >= 15 is 0 Å².